The molecule has 154 valence electrons. The van der Waals surface area contributed by atoms with E-state index in [9.17, 15) is 4.79 Å². The van der Waals surface area contributed by atoms with Gasteiger partial charge in [-0.3, -0.25) is 14.7 Å². The van der Waals surface area contributed by atoms with Gasteiger partial charge in [-0.1, -0.05) is 13.8 Å². The summed E-state index contributed by atoms with van der Waals surface area (Å²) in [5, 5.41) is 6.50. The van der Waals surface area contributed by atoms with Gasteiger partial charge in [0.25, 0.3) is 0 Å². The minimum Gasteiger partial charge on any atom is -0.466 e. The van der Waals surface area contributed by atoms with Gasteiger partial charge in [-0.05, 0) is 26.2 Å². The summed E-state index contributed by atoms with van der Waals surface area (Å²) in [7, 11) is 0. The standard InChI is InChI=1S/C18H36N4O3.HI/c1-5-19-18(20-9-7-8-17(23)24-6-2)21-12-16-14-22(10-11-25-16)13-15(3)4;/h15-16H,5-14H2,1-4H3,(H2,19,20,21);1H. The first-order valence-electron chi connectivity index (χ1n) is 9.56. The predicted molar refractivity (Wildman–Crippen MR) is 116 cm³/mol. The summed E-state index contributed by atoms with van der Waals surface area (Å²) in [5.74, 6) is 1.30. The molecule has 0 radical (unpaired) electrons. The van der Waals surface area contributed by atoms with Crippen LogP contribution in [0.25, 0.3) is 0 Å². The van der Waals surface area contributed by atoms with Gasteiger partial charge in [0, 0.05) is 39.1 Å². The highest BCUT2D eigenvalue weighted by Crippen LogP contribution is 2.08. The van der Waals surface area contributed by atoms with E-state index in [0.717, 1.165) is 45.2 Å². The van der Waals surface area contributed by atoms with Crippen molar-refractivity contribution in [3.05, 3.63) is 0 Å². The van der Waals surface area contributed by atoms with Crippen molar-refractivity contribution in [3.63, 3.8) is 0 Å². The second-order valence-corrected chi connectivity index (χ2v) is 6.70. The van der Waals surface area contributed by atoms with Crippen LogP contribution in [0.5, 0.6) is 0 Å². The largest absolute Gasteiger partial charge is 0.466 e. The van der Waals surface area contributed by atoms with Gasteiger partial charge in [0.2, 0.25) is 0 Å². The third-order valence-electron chi connectivity index (χ3n) is 3.80. The summed E-state index contributed by atoms with van der Waals surface area (Å²) in [6.07, 6.45) is 1.30. The smallest absolute Gasteiger partial charge is 0.305 e. The Morgan fingerprint density at radius 2 is 2.12 bits per heavy atom. The van der Waals surface area contributed by atoms with Crippen molar-refractivity contribution in [2.24, 2.45) is 10.9 Å². The third kappa shape index (κ3) is 11.9. The van der Waals surface area contributed by atoms with E-state index in [2.05, 4.69) is 34.4 Å². The molecule has 1 atom stereocenters. The lowest BCUT2D eigenvalue weighted by atomic mass is 10.2. The Kier molecular flexibility index (Phi) is 15.1. The lowest BCUT2D eigenvalue weighted by Crippen LogP contribution is -2.46. The van der Waals surface area contributed by atoms with Gasteiger partial charge in [-0.15, -0.1) is 24.0 Å². The Balaban J connectivity index is 0.00000625. The SMILES string of the molecule is CCNC(=NCC1CN(CC(C)C)CCO1)NCCCC(=O)OCC.I. The zero-order chi connectivity index (χ0) is 18.5. The fourth-order valence-electron chi connectivity index (χ4n) is 2.78. The lowest BCUT2D eigenvalue weighted by Gasteiger charge is -2.33. The molecular formula is C18H37IN4O3. The molecule has 0 bridgehead atoms. The lowest BCUT2D eigenvalue weighted by molar-refractivity contribution is -0.143. The van der Waals surface area contributed by atoms with E-state index in [-0.39, 0.29) is 36.0 Å². The van der Waals surface area contributed by atoms with E-state index in [0.29, 0.717) is 32.0 Å². The van der Waals surface area contributed by atoms with Crippen LogP contribution in [0, 0.1) is 5.92 Å². The molecule has 0 saturated carbocycles. The number of guanidine groups is 1. The molecule has 0 aromatic carbocycles. The highest BCUT2D eigenvalue weighted by atomic mass is 127. The number of ether oxygens (including phenoxy) is 2. The second kappa shape index (κ2) is 15.4. The number of hydrogen-bond acceptors (Lipinski definition) is 5. The highest BCUT2D eigenvalue weighted by molar-refractivity contribution is 14.0. The van der Waals surface area contributed by atoms with Gasteiger partial charge >= 0.3 is 5.97 Å². The van der Waals surface area contributed by atoms with E-state index in [4.69, 9.17) is 9.47 Å². The Hall–Kier alpha value is -0.610. The number of esters is 1. The van der Waals surface area contributed by atoms with E-state index in [1.807, 2.05) is 13.8 Å². The predicted octanol–water partition coefficient (Wildman–Crippen LogP) is 1.86. The van der Waals surface area contributed by atoms with Gasteiger partial charge in [0.1, 0.15) is 0 Å². The molecular weight excluding hydrogens is 447 g/mol. The van der Waals surface area contributed by atoms with Gasteiger partial charge in [0.05, 0.1) is 25.9 Å². The molecule has 1 heterocycles. The van der Waals surface area contributed by atoms with Gasteiger partial charge in [0.15, 0.2) is 5.96 Å². The Labute approximate surface area is 175 Å². The van der Waals surface area contributed by atoms with Crippen molar-refractivity contribution in [1.29, 1.82) is 0 Å². The summed E-state index contributed by atoms with van der Waals surface area (Å²) in [5.41, 5.74) is 0. The molecule has 0 aromatic rings. The zero-order valence-corrected chi connectivity index (χ0v) is 19.1. The maximum Gasteiger partial charge on any atom is 0.305 e. The van der Waals surface area contributed by atoms with E-state index in [1.165, 1.54) is 0 Å². The fraction of sp³-hybridized carbons (Fsp3) is 0.889. The summed E-state index contributed by atoms with van der Waals surface area (Å²) in [6.45, 7) is 14.7. The van der Waals surface area contributed by atoms with Crippen LogP contribution >= 0.6 is 24.0 Å². The normalized spacial score (nSPS) is 18.3. The molecule has 1 saturated heterocycles. The molecule has 0 aromatic heterocycles. The first-order chi connectivity index (χ1) is 12.0. The Bertz CT molecular complexity index is 408. The quantitative estimate of drug-likeness (QED) is 0.162. The first kappa shape index (κ1) is 25.4. The van der Waals surface area contributed by atoms with Crippen LogP contribution in [0.3, 0.4) is 0 Å². The van der Waals surface area contributed by atoms with Crippen LogP contribution in [0.1, 0.15) is 40.5 Å². The summed E-state index contributed by atoms with van der Waals surface area (Å²) in [6, 6.07) is 0. The zero-order valence-electron chi connectivity index (χ0n) is 16.8. The van der Waals surface area contributed by atoms with E-state index >= 15 is 0 Å². The van der Waals surface area contributed by atoms with Crippen molar-refractivity contribution < 1.29 is 14.3 Å². The number of nitrogens with zero attached hydrogens (tertiary/aromatic N) is 2. The van der Waals surface area contributed by atoms with Gasteiger partial charge < -0.3 is 20.1 Å². The molecule has 1 aliphatic rings. The van der Waals surface area contributed by atoms with Crippen LogP contribution in [0.2, 0.25) is 0 Å². The molecule has 1 rings (SSSR count). The molecule has 2 N–H and O–H groups in total. The molecule has 26 heavy (non-hydrogen) atoms. The number of nitrogens with one attached hydrogen (secondary N) is 2. The number of aliphatic imine (C=N–C) groups is 1. The molecule has 0 aliphatic carbocycles. The molecule has 1 aliphatic heterocycles. The van der Waals surface area contributed by atoms with Crippen molar-refractivity contribution in [2.75, 3.05) is 52.5 Å². The number of rotatable bonds is 10. The van der Waals surface area contributed by atoms with Crippen molar-refractivity contribution >= 4 is 35.9 Å². The molecule has 8 heteroatoms. The molecule has 0 amide bonds. The van der Waals surface area contributed by atoms with E-state index < -0.39 is 0 Å². The highest BCUT2D eigenvalue weighted by Gasteiger charge is 2.20. The summed E-state index contributed by atoms with van der Waals surface area (Å²) < 4.78 is 10.8. The molecule has 0 spiro atoms. The Morgan fingerprint density at radius 1 is 1.35 bits per heavy atom. The van der Waals surface area contributed by atoms with Crippen LogP contribution in [0.4, 0.5) is 0 Å². The summed E-state index contributed by atoms with van der Waals surface area (Å²) in [4.78, 5) is 18.4. The second-order valence-electron chi connectivity index (χ2n) is 6.70. The van der Waals surface area contributed by atoms with Crippen LogP contribution < -0.4 is 10.6 Å². The molecule has 1 unspecified atom stereocenters. The minimum absolute atomic E-state index is 0. The van der Waals surface area contributed by atoms with Crippen molar-refractivity contribution in [2.45, 2.75) is 46.6 Å². The number of hydrogen-bond donors (Lipinski definition) is 2. The van der Waals surface area contributed by atoms with Crippen molar-refractivity contribution in [1.82, 2.24) is 15.5 Å². The third-order valence-corrected chi connectivity index (χ3v) is 3.80. The Morgan fingerprint density at radius 3 is 2.77 bits per heavy atom. The monoisotopic (exact) mass is 484 g/mol. The topological polar surface area (TPSA) is 75.2 Å². The fourth-order valence-corrected chi connectivity index (χ4v) is 2.78. The molecule has 1 fully saturated rings. The van der Waals surface area contributed by atoms with Gasteiger partial charge in [-0.25, -0.2) is 0 Å². The summed E-state index contributed by atoms with van der Waals surface area (Å²) >= 11 is 0. The number of morpholine rings is 1. The number of halogens is 1. The van der Waals surface area contributed by atoms with Crippen LogP contribution in [-0.4, -0.2) is 75.4 Å². The number of carbonyl (C=O) groups is 1. The minimum atomic E-state index is -0.146. The number of carbonyl (C=O) groups excluding carboxylic acids is 1. The average Bonchev–Trinajstić information content (AvgIpc) is 2.56. The first-order valence-corrected chi connectivity index (χ1v) is 9.56. The van der Waals surface area contributed by atoms with E-state index in [1.54, 1.807) is 0 Å². The molecule has 7 nitrogen and oxygen atoms in total. The van der Waals surface area contributed by atoms with Crippen LogP contribution in [0.15, 0.2) is 4.99 Å². The van der Waals surface area contributed by atoms with Gasteiger partial charge in [-0.2, -0.15) is 0 Å². The van der Waals surface area contributed by atoms with Crippen molar-refractivity contribution in [3.8, 4) is 0 Å². The maximum absolute atomic E-state index is 11.3. The maximum atomic E-state index is 11.3. The van der Waals surface area contributed by atoms with Crippen LogP contribution in [-0.2, 0) is 14.3 Å². The average molecular weight is 484 g/mol.